The summed E-state index contributed by atoms with van der Waals surface area (Å²) < 4.78 is 0. The van der Waals surface area contributed by atoms with Crippen molar-refractivity contribution < 1.29 is 10.2 Å². The Morgan fingerprint density at radius 3 is 2.59 bits per heavy atom. The number of hydrogen-bond acceptors (Lipinski definition) is 5. The first-order valence-electron chi connectivity index (χ1n) is 5.44. The van der Waals surface area contributed by atoms with Gasteiger partial charge in [-0.05, 0) is 24.7 Å². The van der Waals surface area contributed by atoms with Crippen LogP contribution in [0.25, 0.3) is 11.0 Å². The van der Waals surface area contributed by atoms with E-state index in [9.17, 15) is 10.2 Å². The molecule has 2 rings (SSSR count). The van der Waals surface area contributed by atoms with Gasteiger partial charge in [0.25, 0.3) is 0 Å². The molecule has 1 aromatic carbocycles. The molecule has 5 nitrogen and oxygen atoms in total. The largest absolute Gasteiger partial charge is 0.389 e. The summed E-state index contributed by atoms with van der Waals surface area (Å²) in [5.41, 5.74) is 2.12. The number of nitrogens with zero attached hydrogens (tertiary/aromatic N) is 2. The average Bonchev–Trinajstić information content (AvgIpc) is 2.37. The minimum Gasteiger partial charge on any atom is -0.389 e. The van der Waals surface area contributed by atoms with Gasteiger partial charge in [-0.25, -0.2) is 0 Å². The number of likely N-dealkylation sites (N-methyl/N-ethyl adjacent to an activating group) is 1. The molecule has 0 saturated carbocycles. The number of nitrogens with one attached hydrogen (secondary N) is 1. The van der Waals surface area contributed by atoms with Crippen LogP contribution in [0.2, 0.25) is 0 Å². The average molecular weight is 233 g/mol. The van der Waals surface area contributed by atoms with Crippen molar-refractivity contribution in [1.29, 1.82) is 0 Å². The van der Waals surface area contributed by atoms with Crippen molar-refractivity contribution in [3.05, 3.63) is 36.2 Å². The third-order valence-electron chi connectivity index (χ3n) is 2.61. The summed E-state index contributed by atoms with van der Waals surface area (Å²) >= 11 is 0. The maximum Gasteiger partial charge on any atom is 0.106 e. The molecule has 0 aliphatic carbocycles. The van der Waals surface area contributed by atoms with Gasteiger partial charge in [-0.1, -0.05) is 6.07 Å². The highest BCUT2D eigenvalue weighted by atomic mass is 16.3. The van der Waals surface area contributed by atoms with Gasteiger partial charge in [-0.2, -0.15) is 0 Å². The van der Waals surface area contributed by atoms with Gasteiger partial charge in [-0.3, -0.25) is 9.97 Å². The molecule has 3 N–H and O–H groups in total. The van der Waals surface area contributed by atoms with Crippen molar-refractivity contribution in [2.24, 2.45) is 0 Å². The molecule has 0 aliphatic rings. The molecule has 90 valence electrons. The topological polar surface area (TPSA) is 78.3 Å². The summed E-state index contributed by atoms with van der Waals surface area (Å²) in [5, 5.41) is 22.5. The maximum absolute atomic E-state index is 9.94. The summed E-state index contributed by atoms with van der Waals surface area (Å²) in [4.78, 5) is 8.30. The smallest absolute Gasteiger partial charge is 0.106 e. The Balaban J connectivity index is 2.29. The van der Waals surface area contributed by atoms with Gasteiger partial charge in [0.1, 0.15) is 6.10 Å². The van der Waals surface area contributed by atoms with E-state index in [4.69, 9.17) is 0 Å². The van der Waals surface area contributed by atoms with Gasteiger partial charge in [0, 0.05) is 18.9 Å². The molecule has 0 radical (unpaired) electrons. The van der Waals surface area contributed by atoms with Crippen LogP contribution in [-0.2, 0) is 0 Å². The van der Waals surface area contributed by atoms with Crippen LogP contribution in [0.5, 0.6) is 0 Å². The Morgan fingerprint density at radius 2 is 1.88 bits per heavy atom. The van der Waals surface area contributed by atoms with Gasteiger partial charge in [0.2, 0.25) is 0 Å². The number of benzene rings is 1. The standard InChI is InChI=1S/C12H15N3O2/c1-13-7-11(16)12(17)8-2-3-9-10(6-8)15-5-4-14-9/h2-6,11-13,16-17H,7H2,1H3. The summed E-state index contributed by atoms with van der Waals surface area (Å²) in [5.74, 6) is 0. The predicted molar refractivity (Wildman–Crippen MR) is 64.4 cm³/mol. The number of hydrogen-bond donors (Lipinski definition) is 3. The Hall–Kier alpha value is -1.56. The Kier molecular flexibility index (Phi) is 3.63. The van der Waals surface area contributed by atoms with Crippen molar-refractivity contribution in [2.75, 3.05) is 13.6 Å². The second-order valence-electron chi connectivity index (χ2n) is 3.87. The van der Waals surface area contributed by atoms with Gasteiger partial charge >= 0.3 is 0 Å². The van der Waals surface area contributed by atoms with E-state index in [1.54, 1.807) is 37.6 Å². The second-order valence-corrected chi connectivity index (χ2v) is 3.87. The molecule has 2 aromatic rings. The zero-order chi connectivity index (χ0) is 12.3. The normalized spacial score (nSPS) is 14.8. The van der Waals surface area contributed by atoms with E-state index in [-0.39, 0.29) is 0 Å². The maximum atomic E-state index is 9.94. The highest BCUT2D eigenvalue weighted by molar-refractivity contribution is 5.74. The molecule has 2 atom stereocenters. The van der Waals surface area contributed by atoms with Crippen LogP contribution in [0.4, 0.5) is 0 Å². The number of aromatic nitrogens is 2. The van der Waals surface area contributed by atoms with E-state index < -0.39 is 12.2 Å². The molecule has 0 bridgehead atoms. The lowest BCUT2D eigenvalue weighted by atomic mass is 10.0. The molecule has 2 unspecified atom stereocenters. The van der Waals surface area contributed by atoms with Crippen LogP contribution in [0.15, 0.2) is 30.6 Å². The molecule has 0 fully saturated rings. The van der Waals surface area contributed by atoms with Gasteiger partial charge in [0.05, 0.1) is 17.1 Å². The SMILES string of the molecule is CNCC(O)C(O)c1ccc2nccnc2c1. The minimum absolute atomic E-state index is 0.333. The first-order chi connectivity index (χ1) is 8.22. The summed E-state index contributed by atoms with van der Waals surface area (Å²) in [6.07, 6.45) is 1.46. The highest BCUT2D eigenvalue weighted by Gasteiger charge is 2.17. The minimum atomic E-state index is -0.922. The third-order valence-corrected chi connectivity index (χ3v) is 2.61. The molecule has 0 spiro atoms. The quantitative estimate of drug-likeness (QED) is 0.705. The van der Waals surface area contributed by atoms with E-state index >= 15 is 0 Å². The van der Waals surface area contributed by atoms with Gasteiger partial charge in [0.15, 0.2) is 0 Å². The lowest BCUT2D eigenvalue weighted by Crippen LogP contribution is -2.29. The molecule has 0 aliphatic heterocycles. The predicted octanol–water partition coefficient (Wildman–Crippen LogP) is 0.243. The number of aliphatic hydroxyl groups is 2. The Morgan fingerprint density at radius 1 is 1.18 bits per heavy atom. The summed E-state index contributed by atoms with van der Waals surface area (Å²) in [6.45, 7) is 0.333. The summed E-state index contributed by atoms with van der Waals surface area (Å²) in [6, 6.07) is 5.28. The summed E-state index contributed by atoms with van der Waals surface area (Å²) in [7, 11) is 1.72. The highest BCUT2D eigenvalue weighted by Crippen LogP contribution is 2.20. The van der Waals surface area contributed by atoms with E-state index in [0.717, 1.165) is 5.52 Å². The number of rotatable bonds is 4. The van der Waals surface area contributed by atoms with Crippen molar-refractivity contribution >= 4 is 11.0 Å². The lowest BCUT2D eigenvalue weighted by molar-refractivity contribution is 0.0203. The van der Waals surface area contributed by atoms with Crippen LogP contribution < -0.4 is 5.32 Å². The molecule has 17 heavy (non-hydrogen) atoms. The fraction of sp³-hybridized carbons (Fsp3) is 0.333. The van der Waals surface area contributed by atoms with Crippen molar-refractivity contribution in [1.82, 2.24) is 15.3 Å². The molecular weight excluding hydrogens is 218 g/mol. The van der Waals surface area contributed by atoms with E-state index in [1.807, 2.05) is 0 Å². The molecule has 0 saturated heterocycles. The molecule has 1 heterocycles. The van der Waals surface area contributed by atoms with Crippen LogP contribution >= 0.6 is 0 Å². The Bertz CT molecular complexity index is 504. The van der Waals surface area contributed by atoms with E-state index in [0.29, 0.717) is 17.6 Å². The zero-order valence-electron chi connectivity index (χ0n) is 9.54. The first kappa shape index (κ1) is 11.9. The number of aliphatic hydroxyl groups excluding tert-OH is 2. The van der Waals surface area contributed by atoms with Gasteiger partial charge in [-0.15, -0.1) is 0 Å². The van der Waals surface area contributed by atoms with E-state index in [1.165, 1.54) is 0 Å². The Labute approximate surface area is 99.2 Å². The first-order valence-corrected chi connectivity index (χ1v) is 5.44. The van der Waals surface area contributed by atoms with Crippen LogP contribution in [0.1, 0.15) is 11.7 Å². The van der Waals surface area contributed by atoms with Crippen molar-refractivity contribution in [3.63, 3.8) is 0 Å². The molecule has 0 amide bonds. The van der Waals surface area contributed by atoms with E-state index in [2.05, 4.69) is 15.3 Å². The van der Waals surface area contributed by atoms with Crippen molar-refractivity contribution in [2.45, 2.75) is 12.2 Å². The van der Waals surface area contributed by atoms with Crippen molar-refractivity contribution in [3.8, 4) is 0 Å². The lowest BCUT2D eigenvalue weighted by Gasteiger charge is -2.17. The zero-order valence-corrected chi connectivity index (χ0v) is 9.54. The molecule has 5 heteroatoms. The molecule has 1 aromatic heterocycles. The van der Waals surface area contributed by atoms with Crippen LogP contribution in [0.3, 0.4) is 0 Å². The molecular formula is C12H15N3O2. The fourth-order valence-corrected chi connectivity index (χ4v) is 1.71. The third kappa shape index (κ3) is 2.58. The van der Waals surface area contributed by atoms with Crippen LogP contribution in [0, 0.1) is 0 Å². The monoisotopic (exact) mass is 233 g/mol. The second kappa shape index (κ2) is 5.18. The van der Waals surface area contributed by atoms with Gasteiger partial charge < -0.3 is 15.5 Å². The number of fused-ring (bicyclic) bond motifs is 1. The van der Waals surface area contributed by atoms with Crippen LogP contribution in [-0.4, -0.2) is 39.9 Å². The fourth-order valence-electron chi connectivity index (χ4n) is 1.71.